The summed E-state index contributed by atoms with van der Waals surface area (Å²) in [5, 5.41) is 58.6. The molecular weight excluding hydrogens is 554 g/mol. The number of hydrogen-bond acceptors (Lipinski definition) is 11. The average molecular weight is 598 g/mol. The van der Waals surface area contributed by atoms with Crippen LogP contribution < -0.4 is 27.0 Å². The molecule has 15 nitrogen and oxygen atoms in total. The Labute approximate surface area is 243 Å². The summed E-state index contributed by atoms with van der Waals surface area (Å²) in [6.07, 6.45) is -5.00. The highest BCUT2D eigenvalue weighted by atomic mass is 16.6. The zero-order valence-electron chi connectivity index (χ0n) is 23.7. The molecule has 0 bridgehead atoms. The van der Waals surface area contributed by atoms with Gasteiger partial charge in [0, 0.05) is 6.42 Å². The number of carbonyl (C=O) groups is 4. The van der Waals surface area contributed by atoms with Gasteiger partial charge in [-0.2, -0.15) is 0 Å². The molecule has 42 heavy (non-hydrogen) atoms. The number of aliphatic hydroxyl groups is 4. The molecule has 1 heterocycles. The van der Waals surface area contributed by atoms with Crippen LogP contribution in [0.5, 0.6) is 0 Å². The average Bonchev–Trinajstić information content (AvgIpc) is 2.96. The molecule has 2 rings (SSSR count). The molecule has 1 aliphatic rings. The fourth-order valence-electron chi connectivity index (χ4n) is 4.27. The Bertz CT molecular complexity index is 1030. The van der Waals surface area contributed by atoms with Crippen molar-refractivity contribution in [1.82, 2.24) is 21.3 Å². The van der Waals surface area contributed by atoms with Gasteiger partial charge >= 0.3 is 5.97 Å². The minimum atomic E-state index is -1.48. The standard InChI is InChI=1S/C27H43N5O10/c1-14(23(37)30-15(2)24(38)32-18(27(40)41)12-16-8-4-3-5-9-16)31-25(39)17(28)10-6-7-11-29-26-22(36)21(35)20(34)19(13-33)42-26/h3-5,8-9,14-15,17-22,26,29,33-36H,6-7,10-13,28H2,1-2H3,(H,30,37)(H,31,39)(H,32,38)(H,40,41)/t14-,15-,17-,18-,19+,20+,21-,22+,26+/m0/s1. The van der Waals surface area contributed by atoms with Crippen molar-refractivity contribution in [1.29, 1.82) is 0 Å². The van der Waals surface area contributed by atoms with Crippen LogP contribution in [0.4, 0.5) is 0 Å². The molecule has 1 aliphatic heterocycles. The number of carboxylic acid groups (broad SMARTS) is 1. The Balaban J connectivity index is 1.71. The van der Waals surface area contributed by atoms with Crippen LogP contribution in [0.3, 0.4) is 0 Å². The van der Waals surface area contributed by atoms with Crippen LogP contribution in [0.2, 0.25) is 0 Å². The summed E-state index contributed by atoms with van der Waals surface area (Å²) >= 11 is 0. The van der Waals surface area contributed by atoms with Crippen molar-refractivity contribution in [3.05, 3.63) is 35.9 Å². The molecule has 9 atom stereocenters. The predicted molar refractivity (Wildman–Crippen MR) is 149 cm³/mol. The molecule has 1 fully saturated rings. The van der Waals surface area contributed by atoms with E-state index in [1.165, 1.54) is 13.8 Å². The maximum Gasteiger partial charge on any atom is 0.326 e. The van der Waals surface area contributed by atoms with E-state index in [1.54, 1.807) is 30.3 Å². The van der Waals surface area contributed by atoms with Crippen molar-refractivity contribution in [2.45, 2.75) is 94.3 Å². The summed E-state index contributed by atoms with van der Waals surface area (Å²) in [5.41, 5.74) is 6.66. The third-order valence-corrected chi connectivity index (χ3v) is 6.92. The van der Waals surface area contributed by atoms with E-state index < -0.39 is 85.1 Å². The number of nitrogens with one attached hydrogen (secondary N) is 4. The van der Waals surface area contributed by atoms with Gasteiger partial charge in [-0.05, 0) is 38.8 Å². The number of amides is 3. The molecule has 11 N–H and O–H groups in total. The van der Waals surface area contributed by atoms with Crippen LogP contribution in [0.1, 0.15) is 38.7 Å². The van der Waals surface area contributed by atoms with E-state index in [0.29, 0.717) is 19.4 Å². The van der Waals surface area contributed by atoms with Gasteiger partial charge in [-0.3, -0.25) is 19.7 Å². The molecular formula is C27H43N5O10. The predicted octanol–water partition coefficient (Wildman–Crippen LogP) is -3.30. The number of aliphatic carboxylic acids is 1. The molecule has 0 spiro atoms. The normalized spacial score (nSPS) is 25.0. The van der Waals surface area contributed by atoms with Gasteiger partial charge in [-0.15, -0.1) is 0 Å². The number of ether oxygens (including phenoxy) is 1. The first kappa shape index (κ1) is 35.0. The number of rotatable bonds is 16. The summed E-state index contributed by atoms with van der Waals surface area (Å²) in [6, 6.07) is 4.57. The number of nitrogens with two attached hydrogens (primary N) is 1. The maximum absolute atomic E-state index is 12.5. The van der Waals surface area contributed by atoms with Crippen molar-refractivity contribution >= 4 is 23.7 Å². The van der Waals surface area contributed by atoms with Crippen molar-refractivity contribution in [2.24, 2.45) is 5.73 Å². The summed E-state index contributed by atoms with van der Waals surface area (Å²) in [4.78, 5) is 49.1. The lowest BCUT2D eigenvalue weighted by molar-refractivity contribution is -0.236. The molecule has 15 heteroatoms. The van der Waals surface area contributed by atoms with Crippen molar-refractivity contribution in [3.63, 3.8) is 0 Å². The van der Waals surface area contributed by atoms with E-state index in [1.807, 2.05) is 0 Å². The lowest BCUT2D eigenvalue weighted by Crippen LogP contribution is -2.62. The highest BCUT2D eigenvalue weighted by molar-refractivity contribution is 5.93. The third-order valence-electron chi connectivity index (χ3n) is 6.92. The zero-order chi connectivity index (χ0) is 31.4. The molecule has 1 aromatic carbocycles. The fourth-order valence-corrected chi connectivity index (χ4v) is 4.27. The van der Waals surface area contributed by atoms with E-state index in [9.17, 15) is 44.7 Å². The Hall–Kier alpha value is -3.18. The van der Waals surface area contributed by atoms with Gasteiger partial charge in [-0.25, -0.2) is 4.79 Å². The SMILES string of the molecule is C[C@H](NC(=O)[C@H](C)NC(=O)[C@@H](N)CCCCN[C@@H]1O[C@H](CO)[C@@H](O)[C@H](O)[C@H]1O)C(=O)N[C@@H](Cc1ccccc1)C(=O)O. The van der Waals surface area contributed by atoms with Gasteiger partial charge in [0.1, 0.15) is 48.8 Å². The smallest absolute Gasteiger partial charge is 0.326 e. The minimum absolute atomic E-state index is 0.0662. The molecule has 0 aromatic heterocycles. The summed E-state index contributed by atoms with van der Waals surface area (Å²) in [5.74, 6) is -3.15. The lowest BCUT2D eigenvalue weighted by atomic mass is 9.98. The van der Waals surface area contributed by atoms with Crippen LogP contribution in [0, 0.1) is 0 Å². The second kappa shape index (κ2) is 17.1. The number of unbranched alkanes of at least 4 members (excludes halogenated alkanes) is 1. The quantitative estimate of drug-likeness (QED) is 0.0841. The van der Waals surface area contributed by atoms with Crippen LogP contribution in [-0.4, -0.2) is 117 Å². The lowest BCUT2D eigenvalue weighted by Gasteiger charge is -2.40. The summed E-state index contributed by atoms with van der Waals surface area (Å²) in [6.45, 7) is 2.61. The molecule has 236 valence electrons. The summed E-state index contributed by atoms with van der Waals surface area (Å²) in [7, 11) is 0. The Kier molecular flexibility index (Phi) is 14.2. The van der Waals surface area contributed by atoms with Gasteiger partial charge in [0.15, 0.2) is 0 Å². The maximum atomic E-state index is 12.5. The Morgan fingerprint density at radius 2 is 1.48 bits per heavy atom. The van der Waals surface area contributed by atoms with Gasteiger partial charge in [-0.1, -0.05) is 36.8 Å². The van der Waals surface area contributed by atoms with Crippen molar-refractivity contribution < 1.29 is 49.4 Å². The highest BCUT2D eigenvalue weighted by Gasteiger charge is 2.43. The minimum Gasteiger partial charge on any atom is -0.480 e. The largest absolute Gasteiger partial charge is 0.480 e. The van der Waals surface area contributed by atoms with Crippen LogP contribution in [0.25, 0.3) is 0 Å². The molecule has 3 amide bonds. The van der Waals surface area contributed by atoms with Crippen molar-refractivity contribution in [3.8, 4) is 0 Å². The number of carboxylic acids is 1. The first-order valence-electron chi connectivity index (χ1n) is 13.8. The molecule has 1 aromatic rings. The fraction of sp³-hybridized carbons (Fsp3) is 0.630. The third kappa shape index (κ3) is 10.6. The summed E-state index contributed by atoms with van der Waals surface area (Å²) < 4.78 is 5.36. The van der Waals surface area contributed by atoms with Gasteiger partial charge in [0.2, 0.25) is 17.7 Å². The van der Waals surface area contributed by atoms with E-state index in [0.717, 1.165) is 5.56 Å². The Morgan fingerprint density at radius 3 is 2.07 bits per heavy atom. The molecule has 1 saturated heterocycles. The first-order valence-corrected chi connectivity index (χ1v) is 13.8. The Morgan fingerprint density at radius 1 is 0.881 bits per heavy atom. The van der Waals surface area contributed by atoms with E-state index in [4.69, 9.17) is 10.5 Å². The zero-order valence-corrected chi connectivity index (χ0v) is 23.7. The molecule has 0 aliphatic carbocycles. The second-order valence-electron chi connectivity index (χ2n) is 10.4. The number of benzene rings is 1. The topological polar surface area (TPSA) is 253 Å². The molecule has 0 saturated carbocycles. The second-order valence-corrected chi connectivity index (χ2v) is 10.4. The monoisotopic (exact) mass is 597 g/mol. The number of carbonyl (C=O) groups excluding carboxylic acids is 3. The van der Waals surface area contributed by atoms with Crippen LogP contribution in [0.15, 0.2) is 30.3 Å². The van der Waals surface area contributed by atoms with Gasteiger partial charge < -0.3 is 52.0 Å². The van der Waals surface area contributed by atoms with Crippen LogP contribution in [-0.2, 0) is 30.3 Å². The highest BCUT2D eigenvalue weighted by Crippen LogP contribution is 2.19. The van der Waals surface area contributed by atoms with Gasteiger partial charge in [0.05, 0.1) is 12.6 Å². The molecule has 0 unspecified atom stereocenters. The van der Waals surface area contributed by atoms with E-state index >= 15 is 0 Å². The van der Waals surface area contributed by atoms with Gasteiger partial charge in [0.25, 0.3) is 0 Å². The van der Waals surface area contributed by atoms with E-state index in [2.05, 4.69) is 21.3 Å². The molecule has 0 radical (unpaired) electrons. The first-order chi connectivity index (χ1) is 19.8. The van der Waals surface area contributed by atoms with E-state index in [-0.39, 0.29) is 12.8 Å². The number of hydrogen-bond donors (Lipinski definition) is 10. The number of aliphatic hydroxyl groups excluding tert-OH is 4. The van der Waals surface area contributed by atoms with Crippen LogP contribution >= 0.6 is 0 Å². The van der Waals surface area contributed by atoms with Crippen molar-refractivity contribution in [2.75, 3.05) is 13.2 Å².